The molecule has 1 heterocycles. The molecule has 2 aromatic rings. The van der Waals surface area contributed by atoms with E-state index in [0.717, 1.165) is 6.42 Å². The Morgan fingerprint density at radius 2 is 1.42 bits per heavy atom. The van der Waals surface area contributed by atoms with Gasteiger partial charge in [0.2, 0.25) is 0 Å². The van der Waals surface area contributed by atoms with Crippen LogP contribution in [0.5, 0.6) is 0 Å². The second kappa shape index (κ2) is 7.96. The molecule has 0 radical (unpaired) electrons. The van der Waals surface area contributed by atoms with Crippen LogP contribution in [0.25, 0.3) is 0 Å². The molecule has 1 aliphatic rings. The molecule has 1 nitrogen and oxygen atoms in total. The minimum Gasteiger partial charge on any atom is -0.297 e. The lowest BCUT2D eigenvalue weighted by molar-refractivity contribution is 0.0816. The molecular formula is C25H35N. The fourth-order valence-electron chi connectivity index (χ4n) is 4.78. The largest absolute Gasteiger partial charge is 0.297 e. The average Bonchev–Trinajstić information content (AvgIpc) is 2.62. The third-order valence-electron chi connectivity index (χ3n) is 6.18. The van der Waals surface area contributed by atoms with E-state index in [2.05, 4.69) is 82.0 Å². The summed E-state index contributed by atoms with van der Waals surface area (Å²) in [5.41, 5.74) is 7.16. The molecule has 26 heavy (non-hydrogen) atoms. The quantitative estimate of drug-likeness (QED) is 0.615. The summed E-state index contributed by atoms with van der Waals surface area (Å²) in [5.74, 6) is 0.394. The highest BCUT2D eigenvalue weighted by Crippen LogP contribution is 2.40. The smallest absolute Gasteiger partial charge is 0.0269 e. The van der Waals surface area contributed by atoms with E-state index in [-0.39, 0.29) is 5.54 Å². The number of hydrogen-bond donors (Lipinski definition) is 0. The number of rotatable bonds is 5. The molecule has 3 rings (SSSR count). The van der Waals surface area contributed by atoms with Gasteiger partial charge in [-0.1, -0.05) is 66.9 Å². The number of nitrogens with zero attached hydrogens (tertiary/aromatic N) is 1. The van der Waals surface area contributed by atoms with Gasteiger partial charge in [0.25, 0.3) is 0 Å². The van der Waals surface area contributed by atoms with Crippen molar-refractivity contribution in [3.63, 3.8) is 0 Å². The molecule has 0 bridgehead atoms. The van der Waals surface area contributed by atoms with Gasteiger partial charge in [-0.15, -0.1) is 0 Å². The average molecular weight is 350 g/mol. The minimum atomic E-state index is 0.106. The Labute approximate surface area is 160 Å². The minimum absolute atomic E-state index is 0.106. The zero-order valence-corrected chi connectivity index (χ0v) is 17.3. The van der Waals surface area contributed by atoms with Crippen molar-refractivity contribution in [3.05, 3.63) is 70.3 Å². The first kappa shape index (κ1) is 19.2. The number of benzene rings is 2. The van der Waals surface area contributed by atoms with E-state index in [0.29, 0.717) is 5.92 Å². The molecule has 140 valence electrons. The van der Waals surface area contributed by atoms with Crippen LogP contribution in [0.15, 0.2) is 42.5 Å². The van der Waals surface area contributed by atoms with Crippen molar-refractivity contribution in [2.24, 2.45) is 0 Å². The molecule has 0 saturated carbocycles. The molecular weight excluding hydrogens is 314 g/mol. The van der Waals surface area contributed by atoms with Gasteiger partial charge in [-0.05, 0) is 76.7 Å². The Bertz CT molecular complexity index is 700. The number of piperidine rings is 1. The molecule has 2 aromatic carbocycles. The van der Waals surface area contributed by atoms with E-state index in [1.54, 1.807) is 0 Å². The normalized spacial score (nSPS) is 17.3. The Hall–Kier alpha value is -1.60. The second-order valence-corrected chi connectivity index (χ2v) is 8.65. The second-order valence-electron chi connectivity index (χ2n) is 8.65. The van der Waals surface area contributed by atoms with Crippen molar-refractivity contribution >= 4 is 0 Å². The summed E-state index contributed by atoms with van der Waals surface area (Å²) in [6, 6.07) is 16.5. The number of likely N-dealkylation sites (tertiary alicyclic amines) is 1. The predicted molar refractivity (Wildman–Crippen MR) is 113 cm³/mol. The van der Waals surface area contributed by atoms with Gasteiger partial charge >= 0.3 is 0 Å². The molecule has 0 aromatic heterocycles. The van der Waals surface area contributed by atoms with Crippen LogP contribution in [0, 0.1) is 13.8 Å². The highest BCUT2D eigenvalue weighted by Gasteiger charge is 2.38. The Balaban J connectivity index is 2.07. The van der Waals surface area contributed by atoms with E-state index in [1.807, 2.05) is 0 Å². The van der Waals surface area contributed by atoms with Crippen LogP contribution in [-0.4, -0.2) is 23.5 Å². The molecule has 0 spiro atoms. The van der Waals surface area contributed by atoms with Crippen molar-refractivity contribution in [2.45, 2.75) is 71.8 Å². The maximum absolute atomic E-state index is 2.73. The van der Waals surface area contributed by atoms with E-state index in [1.165, 1.54) is 60.2 Å². The summed E-state index contributed by atoms with van der Waals surface area (Å²) in [6.45, 7) is 14.0. The van der Waals surface area contributed by atoms with Crippen molar-refractivity contribution in [1.29, 1.82) is 0 Å². The van der Waals surface area contributed by atoms with Gasteiger partial charge in [0.05, 0.1) is 0 Å². The van der Waals surface area contributed by atoms with Crippen LogP contribution in [0.2, 0.25) is 0 Å². The number of hydrogen-bond acceptors (Lipinski definition) is 1. The van der Waals surface area contributed by atoms with Gasteiger partial charge < -0.3 is 0 Å². The topological polar surface area (TPSA) is 3.24 Å². The lowest BCUT2D eigenvalue weighted by atomic mass is 9.74. The van der Waals surface area contributed by atoms with Crippen molar-refractivity contribution in [1.82, 2.24) is 4.90 Å². The van der Waals surface area contributed by atoms with E-state index < -0.39 is 0 Å². The van der Waals surface area contributed by atoms with Gasteiger partial charge in [-0.3, -0.25) is 4.90 Å². The Kier molecular flexibility index (Phi) is 5.87. The van der Waals surface area contributed by atoms with Crippen molar-refractivity contribution in [2.75, 3.05) is 13.1 Å². The van der Waals surface area contributed by atoms with Gasteiger partial charge in [0.15, 0.2) is 0 Å². The van der Waals surface area contributed by atoms with E-state index in [9.17, 15) is 0 Å². The van der Waals surface area contributed by atoms with Gasteiger partial charge in [0.1, 0.15) is 0 Å². The van der Waals surface area contributed by atoms with Gasteiger partial charge in [-0.25, -0.2) is 0 Å². The maximum Gasteiger partial charge on any atom is 0.0269 e. The lowest BCUT2D eigenvalue weighted by Gasteiger charge is -2.46. The van der Waals surface area contributed by atoms with Crippen LogP contribution in [0.4, 0.5) is 0 Å². The zero-order chi connectivity index (χ0) is 18.7. The van der Waals surface area contributed by atoms with E-state index in [4.69, 9.17) is 0 Å². The fourth-order valence-corrected chi connectivity index (χ4v) is 4.78. The first-order valence-corrected chi connectivity index (χ1v) is 10.3. The third-order valence-corrected chi connectivity index (χ3v) is 6.18. The summed E-state index contributed by atoms with van der Waals surface area (Å²) >= 11 is 0. The standard InChI is InChI=1S/C25H35N/c1-6-21-10-12-22(13-11-21)24(23-17-19(2)16-20(3)18-23)25(4,5)26-14-8-7-9-15-26/h10-13,16-18,24H,6-9,14-15H2,1-5H3. The molecule has 0 N–H and O–H groups in total. The maximum atomic E-state index is 2.73. The summed E-state index contributed by atoms with van der Waals surface area (Å²) in [6.07, 6.45) is 5.14. The molecule has 1 fully saturated rings. The first-order valence-electron chi connectivity index (χ1n) is 10.3. The highest BCUT2D eigenvalue weighted by atomic mass is 15.2. The first-order chi connectivity index (χ1) is 12.4. The molecule has 1 unspecified atom stereocenters. The van der Waals surface area contributed by atoms with Crippen LogP contribution in [-0.2, 0) is 6.42 Å². The molecule has 1 atom stereocenters. The van der Waals surface area contributed by atoms with Crippen LogP contribution < -0.4 is 0 Å². The van der Waals surface area contributed by atoms with E-state index >= 15 is 0 Å². The van der Waals surface area contributed by atoms with Gasteiger partial charge in [-0.2, -0.15) is 0 Å². The molecule has 1 aliphatic heterocycles. The van der Waals surface area contributed by atoms with Crippen LogP contribution in [0.1, 0.15) is 73.8 Å². The SMILES string of the molecule is CCc1ccc(C(c2cc(C)cc(C)c2)C(C)(C)N2CCCCC2)cc1. The molecule has 0 aliphatic carbocycles. The van der Waals surface area contributed by atoms with Crippen LogP contribution >= 0.6 is 0 Å². The summed E-state index contributed by atoms with van der Waals surface area (Å²) < 4.78 is 0. The third kappa shape index (κ3) is 4.04. The summed E-state index contributed by atoms with van der Waals surface area (Å²) in [4.78, 5) is 2.73. The molecule has 0 amide bonds. The zero-order valence-electron chi connectivity index (χ0n) is 17.3. The summed E-state index contributed by atoms with van der Waals surface area (Å²) in [5, 5.41) is 0. The molecule has 1 heteroatoms. The fraction of sp³-hybridized carbons (Fsp3) is 0.520. The predicted octanol–water partition coefficient (Wildman–Crippen LogP) is 6.26. The van der Waals surface area contributed by atoms with Gasteiger partial charge in [0, 0.05) is 11.5 Å². The van der Waals surface area contributed by atoms with Crippen molar-refractivity contribution < 1.29 is 0 Å². The monoisotopic (exact) mass is 349 g/mol. The summed E-state index contributed by atoms with van der Waals surface area (Å²) in [7, 11) is 0. The molecule has 1 saturated heterocycles. The van der Waals surface area contributed by atoms with Crippen LogP contribution in [0.3, 0.4) is 0 Å². The van der Waals surface area contributed by atoms with Crippen molar-refractivity contribution in [3.8, 4) is 0 Å². The lowest BCUT2D eigenvalue weighted by Crippen LogP contribution is -2.50. The number of aryl methyl sites for hydroxylation is 3. The Morgan fingerprint density at radius 1 is 0.846 bits per heavy atom. The highest BCUT2D eigenvalue weighted by molar-refractivity contribution is 5.41. The Morgan fingerprint density at radius 3 is 1.96 bits per heavy atom.